The van der Waals surface area contributed by atoms with Crippen LogP contribution in [0.25, 0.3) is 0 Å². The highest BCUT2D eigenvalue weighted by molar-refractivity contribution is 5.65. The third kappa shape index (κ3) is 2.42. The Morgan fingerprint density at radius 3 is 0.889 bits per heavy atom. The largest absolute Gasteiger partial charge is 0.101 e. The molecule has 0 fully saturated rings. The van der Waals surface area contributed by atoms with E-state index in [1.165, 1.54) is 0 Å². The first-order valence-electron chi connectivity index (χ1n) is 6.00. The molecule has 0 radical (unpaired) electrons. The minimum absolute atomic E-state index is 1.07. The van der Waals surface area contributed by atoms with Crippen LogP contribution in [0.2, 0.25) is 0 Å². The van der Waals surface area contributed by atoms with Gasteiger partial charge in [0.25, 0.3) is 0 Å². The van der Waals surface area contributed by atoms with Crippen LogP contribution in [0, 0.1) is 56.3 Å². The molecule has 0 heteroatoms. The molecule has 0 atom stereocenters. The first-order chi connectivity index (χ1) is 8.58. The summed E-state index contributed by atoms with van der Waals surface area (Å²) in [6.45, 7) is 11.8. The van der Waals surface area contributed by atoms with Crippen LogP contribution in [0.4, 0.5) is 0 Å². The van der Waals surface area contributed by atoms with E-state index in [9.17, 15) is 0 Å². The van der Waals surface area contributed by atoms with E-state index in [0.717, 1.165) is 33.4 Å². The Kier molecular flexibility index (Phi) is 4.66. The highest BCUT2D eigenvalue weighted by atomic mass is 14.1. The Labute approximate surface area is 111 Å². The summed E-state index contributed by atoms with van der Waals surface area (Å²) in [5, 5.41) is 0. The van der Waals surface area contributed by atoms with Crippen LogP contribution in [0.3, 0.4) is 0 Å². The predicted molar refractivity (Wildman–Crippen MR) is 78.3 cm³/mol. The Balaban J connectivity index is 3.87. The van der Waals surface area contributed by atoms with E-state index in [2.05, 4.69) is 56.3 Å². The van der Waals surface area contributed by atoms with E-state index < -0.39 is 0 Å². The number of hydrogen-bond donors (Lipinski definition) is 0. The van der Waals surface area contributed by atoms with Crippen molar-refractivity contribution in [2.75, 3.05) is 0 Å². The average molecular weight is 234 g/mol. The molecule has 0 aromatic heterocycles. The molecule has 0 heterocycles. The lowest BCUT2D eigenvalue weighted by atomic mass is 9.88. The van der Waals surface area contributed by atoms with Crippen LogP contribution >= 0.6 is 0 Å². The SMILES string of the molecule is CC#Cc1c(C)c(C#CC)c(C)c(C#CC)c1C. The van der Waals surface area contributed by atoms with Gasteiger partial charge in [-0.3, -0.25) is 0 Å². The summed E-state index contributed by atoms with van der Waals surface area (Å²) >= 11 is 0. The van der Waals surface area contributed by atoms with Crippen molar-refractivity contribution in [2.24, 2.45) is 0 Å². The molecule has 1 rings (SSSR count). The zero-order valence-electron chi connectivity index (χ0n) is 12.0. The van der Waals surface area contributed by atoms with Gasteiger partial charge in [-0.2, -0.15) is 0 Å². The third-order valence-electron chi connectivity index (χ3n) is 3.00. The highest BCUT2D eigenvalue weighted by Crippen LogP contribution is 2.25. The lowest BCUT2D eigenvalue weighted by Crippen LogP contribution is -2.01. The quantitative estimate of drug-likeness (QED) is 0.600. The zero-order valence-corrected chi connectivity index (χ0v) is 12.0. The van der Waals surface area contributed by atoms with Gasteiger partial charge >= 0.3 is 0 Å². The molecular weight excluding hydrogens is 216 g/mol. The van der Waals surface area contributed by atoms with Crippen LogP contribution < -0.4 is 0 Å². The summed E-state index contributed by atoms with van der Waals surface area (Å²) in [6, 6.07) is 0. The second-order valence-corrected chi connectivity index (χ2v) is 4.12. The van der Waals surface area contributed by atoms with Crippen molar-refractivity contribution in [3.63, 3.8) is 0 Å². The summed E-state index contributed by atoms with van der Waals surface area (Å²) in [5.41, 5.74) is 6.69. The van der Waals surface area contributed by atoms with Crippen molar-refractivity contribution in [3.05, 3.63) is 33.4 Å². The van der Waals surface area contributed by atoms with Gasteiger partial charge in [0.2, 0.25) is 0 Å². The van der Waals surface area contributed by atoms with Gasteiger partial charge in [0.15, 0.2) is 0 Å². The second-order valence-electron chi connectivity index (χ2n) is 4.12. The van der Waals surface area contributed by atoms with Crippen molar-refractivity contribution in [1.82, 2.24) is 0 Å². The van der Waals surface area contributed by atoms with Gasteiger partial charge in [-0.15, -0.1) is 17.8 Å². The topological polar surface area (TPSA) is 0 Å². The maximum atomic E-state index is 3.18. The molecule has 0 aliphatic rings. The molecule has 0 saturated carbocycles. The fourth-order valence-electron chi connectivity index (χ4n) is 2.16. The number of rotatable bonds is 0. The van der Waals surface area contributed by atoms with Crippen LogP contribution in [-0.2, 0) is 0 Å². The van der Waals surface area contributed by atoms with E-state index in [1.54, 1.807) is 0 Å². The van der Waals surface area contributed by atoms with Crippen LogP contribution in [0.5, 0.6) is 0 Å². The molecule has 0 saturated heterocycles. The third-order valence-corrected chi connectivity index (χ3v) is 3.00. The molecule has 0 N–H and O–H groups in total. The molecule has 0 aliphatic carbocycles. The van der Waals surface area contributed by atoms with Crippen molar-refractivity contribution in [1.29, 1.82) is 0 Å². The zero-order chi connectivity index (χ0) is 13.7. The fourth-order valence-corrected chi connectivity index (χ4v) is 2.16. The Hall–Kier alpha value is -2.10. The van der Waals surface area contributed by atoms with Crippen molar-refractivity contribution in [2.45, 2.75) is 41.5 Å². The minimum atomic E-state index is 1.07. The van der Waals surface area contributed by atoms with Crippen molar-refractivity contribution < 1.29 is 0 Å². The summed E-state index contributed by atoms with van der Waals surface area (Å²) in [4.78, 5) is 0. The molecule has 0 unspecified atom stereocenters. The molecule has 1 aromatic rings. The summed E-state index contributed by atoms with van der Waals surface area (Å²) in [5.74, 6) is 18.5. The lowest BCUT2D eigenvalue weighted by molar-refractivity contribution is 1.25. The monoisotopic (exact) mass is 234 g/mol. The van der Waals surface area contributed by atoms with E-state index in [-0.39, 0.29) is 0 Å². The maximum Gasteiger partial charge on any atom is 0.0328 e. The molecule has 0 nitrogen and oxygen atoms in total. The van der Waals surface area contributed by atoms with Gasteiger partial charge in [-0.05, 0) is 58.2 Å². The molecule has 0 spiro atoms. The number of hydrogen-bond acceptors (Lipinski definition) is 0. The van der Waals surface area contributed by atoms with E-state index in [4.69, 9.17) is 0 Å². The second kappa shape index (κ2) is 6.00. The van der Waals surface area contributed by atoms with Gasteiger partial charge < -0.3 is 0 Å². The minimum Gasteiger partial charge on any atom is -0.101 e. The van der Waals surface area contributed by atoms with Gasteiger partial charge in [-0.1, -0.05) is 17.8 Å². The Morgan fingerprint density at radius 1 is 0.500 bits per heavy atom. The molecule has 18 heavy (non-hydrogen) atoms. The molecule has 90 valence electrons. The maximum absolute atomic E-state index is 3.18. The Bertz CT molecular complexity index is 537. The normalized spacial score (nSPS) is 8.33. The average Bonchev–Trinajstić information content (AvgIpc) is 2.35. The molecule has 0 amide bonds. The van der Waals surface area contributed by atoms with Crippen molar-refractivity contribution in [3.8, 4) is 35.5 Å². The smallest absolute Gasteiger partial charge is 0.0328 e. The van der Waals surface area contributed by atoms with Crippen LogP contribution in [0.15, 0.2) is 0 Å². The highest BCUT2D eigenvalue weighted by Gasteiger charge is 2.13. The number of benzene rings is 1. The van der Waals surface area contributed by atoms with E-state index >= 15 is 0 Å². The van der Waals surface area contributed by atoms with Crippen molar-refractivity contribution >= 4 is 0 Å². The molecule has 1 aromatic carbocycles. The summed E-state index contributed by atoms with van der Waals surface area (Å²) in [7, 11) is 0. The molecule has 0 aliphatic heterocycles. The summed E-state index contributed by atoms with van der Waals surface area (Å²) < 4.78 is 0. The molecular formula is C18H18. The van der Waals surface area contributed by atoms with Gasteiger partial charge in [0.05, 0.1) is 0 Å². The fraction of sp³-hybridized carbons (Fsp3) is 0.333. The van der Waals surface area contributed by atoms with E-state index in [1.807, 2.05) is 20.8 Å². The summed E-state index contributed by atoms with van der Waals surface area (Å²) in [6.07, 6.45) is 0. The first kappa shape index (κ1) is 14.0. The van der Waals surface area contributed by atoms with Crippen LogP contribution in [-0.4, -0.2) is 0 Å². The lowest BCUT2D eigenvalue weighted by Gasteiger charge is -2.13. The molecule has 0 bridgehead atoms. The van der Waals surface area contributed by atoms with Crippen LogP contribution in [0.1, 0.15) is 54.2 Å². The van der Waals surface area contributed by atoms with Gasteiger partial charge in [0.1, 0.15) is 0 Å². The van der Waals surface area contributed by atoms with Gasteiger partial charge in [-0.25, -0.2) is 0 Å². The Morgan fingerprint density at radius 2 is 0.722 bits per heavy atom. The van der Waals surface area contributed by atoms with E-state index in [0.29, 0.717) is 0 Å². The standard InChI is InChI=1S/C18H18/c1-7-10-16-13(4)17(11-8-2)15(6)18(12-9-3)14(16)5/h1-6H3. The van der Waals surface area contributed by atoms with Gasteiger partial charge in [0, 0.05) is 16.7 Å². The predicted octanol–water partition coefficient (Wildman–Crippen LogP) is 3.73. The first-order valence-corrected chi connectivity index (χ1v) is 6.00.